The monoisotopic (exact) mass is 1000 g/mol. The topological polar surface area (TPSA) is 99.1 Å². The molecule has 0 aliphatic rings. The number of hydrogen-bond acceptors (Lipinski definition) is 7. The Morgan fingerprint density at radius 3 is 1.12 bits per heavy atom. The average molecular weight is 1000 g/mol. The van der Waals surface area contributed by atoms with E-state index in [-0.39, 0.29) is 0 Å². The van der Waals surface area contributed by atoms with Crippen LogP contribution < -0.4 is 11.3 Å². The Labute approximate surface area is 447 Å². The van der Waals surface area contributed by atoms with Crippen LogP contribution in [0.5, 0.6) is 0 Å². The number of nitrogens with zero attached hydrogens (tertiary/aromatic N) is 3. The van der Waals surface area contributed by atoms with Crippen LogP contribution in [-0.2, 0) is 0 Å². The second kappa shape index (κ2) is 19.3. The van der Waals surface area contributed by atoms with Crippen molar-refractivity contribution in [1.82, 2.24) is 15.0 Å². The molecule has 0 fully saturated rings. The fraction of sp³-hybridized carbons (Fsp3) is 0. The molecule has 0 unspecified atom stereocenters. The van der Waals surface area contributed by atoms with Crippen molar-refractivity contribution in [3.05, 3.63) is 282 Å². The van der Waals surface area contributed by atoms with Crippen molar-refractivity contribution in [3.8, 4) is 100 Å². The number of aromatic nitrogens is 3. The Morgan fingerprint density at radius 1 is 0.244 bits per heavy atom. The first-order chi connectivity index (χ1) is 38.5. The van der Waals surface area contributed by atoms with E-state index in [1.54, 1.807) is 36.7 Å². The van der Waals surface area contributed by atoms with Gasteiger partial charge in [-0.05, 0) is 168 Å². The summed E-state index contributed by atoms with van der Waals surface area (Å²) in [5.74, 6) is 0. The first kappa shape index (κ1) is 45.9. The van der Waals surface area contributed by atoms with E-state index < -0.39 is 11.3 Å². The normalized spacial score (nSPS) is 11.4. The van der Waals surface area contributed by atoms with Crippen LogP contribution in [-0.4, -0.2) is 15.0 Å². The summed E-state index contributed by atoms with van der Waals surface area (Å²) in [5, 5.41) is 2.43. The summed E-state index contributed by atoms with van der Waals surface area (Å²) in [4.78, 5) is 40.4. The quantitative estimate of drug-likeness (QED) is 0.105. The summed E-state index contributed by atoms with van der Waals surface area (Å²) in [6, 6.07) is 83.0. The molecule has 0 atom stereocenters. The summed E-state index contributed by atoms with van der Waals surface area (Å²) in [6.07, 6.45) is 5.28. The molecule has 0 saturated heterocycles. The fourth-order valence-electron chi connectivity index (χ4n) is 10.9. The molecule has 366 valence electrons. The van der Waals surface area contributed by atoms with E-state index in [1.165, 1.54) is 11.1 Å². The van der Waals surface area contributed by atoms with Gasteiger partial charge in [0.05, 0.1) is 27.5 Å². The molecule has 14 aromatic rings. The Kier molecular flexibility index (Phi) is 11.3. The van der Waals surface area contributed by atoms with Crippen molar-refractivity contribution in [2.24, 2.45) is 0 Å². The van der Waals surface area contributed by atoms with Crippen molar-refractivity contribution < 1.29 is 8.83 Å². The van der Waals surface area contributed by atoms with Crippen LogP contribution in [0.1, 0.15) is 0 Å². The maximum absolute atomic E-state index is 13.2. The van der Waals surface area contributed by atoms with E-state index in [0.29, 0.717) is 33.0 Å². The minimum Gasteiger partial charge on any atom is -0.422 e. The average Bonchev–Trinajstić information content (AvgIpc) is 3.67. The predicted octanol–water partition coefficient (Wildman–Crippen LogP) is 17.4. The zero-order valence-electron chi connectivity index (χ0n) is 41.8. The lowest BCUT2D eigenvalue weighted by molar-refractivity contribution is 0.569. The number of pyridine rings is 3. The fourth-order valence-corrected chi connectivity index (χ4v) is 10.9. The first-order valence-electron chi connectivity index (χ1n) is 25.8. The first-order valence-corrected chi connectivity index (χ1v) is 25.8. The second-order valence-corrected chi connectivity index (χ2v) is 19.4. The summed E-state index contributed by atoms with van der Waals surface area (Å²) in [7, 11) is 0. The second-order valence-electron chi connectivity index (χ2n) is 19.4. The third-order valence-corrected chi connectivity index (χ3v) is 14.8. The third-order valence-electron chi connectivity index (χ3n) is 14.8. The minimum atomic E-state index is -0.425. The van der Waals surface area contributed by atoms with E-state index in [0.717, 1.165) is 99.9 Å². The van der Waals surface area contributed by atoms with Gasteiger partial charge in [0.25, 0.3) is 0 Å². The highest BCUT2D eigenvalue weighted by atomic mass is 16.4. The molecule has 0 aliphatic heterocycles. The van der Waals surface area contributed by atoms with Gasteiger partial charge in [-0.2, -0.15) is 0 Å². The summed E-state index contributed by atoms with van der Waals surface area (Å²) >= 11 is 0. The molecule has 9 aromatic carbocycles. The lowest BCUT2D eigenvalue weighted by atomic mass is 9.86. The van der Waals surface area contributed by atoms with Gasteiger partial charge >= 0.3 is 11.3 Å². The SMILES string of the molecule is O=c1oc2cc(-c3ccccc3-c3cc(-c4ccccc4-c4ccc(-c5cc(-c6ccc(-c7ccccc7)cc6)ccn5)cc4)cc(-c4ccccc4-c4ccc5c(c4)oc(=O)c4cccnc45)c3)ccc2c2ncccc12. The lowest BCUT2D eigenvalue weighted by Gasteiger charge is -2.18. The molecule has 78 heavy (non-hydrogen) atoms. The van der Waals surface area contributed by atoms with Crippen LogP contribution in [0.15, 0.2) is 280 Å². The highest BCUT2D eigenvalue weighted by molar-refractivity contribution is 6.05. The molecule has 0 spiro atoms. The largest absolute Gasteiger partial charge is 0.422 e. The molecule has 0 aliphatic carbocycles. The zero-order valence-corrected chi connectivity index (χ0v) is 41.8. The van der Waals surface area contributed by atoms with E-state index in [9.17, 15) is 9.59 Å². The molecule has 7 nitrogen and oxygen atoms in total. The van der Waals surface area contributed by atoms with Gasteiger partial charge in [0.1, 0.15) is 11.2 Å². The number of rotatable bonds is 9. The van der Waals surface area contributed by atoms with E-state index in [1.807, 2.05) is 48.7 Å². The van der Waals surface area contributed by atoms with Gasteiger partial charge in [-0.25, -0.2) is 9.59 Å². The number of benzene rings is 9. The highest BCUT2D eigenvalue weighted by Crippen LogP contribution is 2.43. The predicted molar refractivity (Wildman–Crippen MR) is 316 cm³/mol. The third kappa shape index (κ3) is 8.33. The van der Waals surface area contributed by atoms with Crippen LogP contribution >= 0.6 is 0 Å². The summed E-state index contributed by atoms with van der Waals surface area (Å²) in [5.41, 5.74) is 19.7. The molecule has 0 amide bonds. The molecular formula is C71H43N3O4. The van der Waals surface area contributed by atoms with Gasteiger partial charge in [0.2, 0.25) is 0 Å². The van der Waals surface area contributed by atoms with E-state index in [4.69, 9.17) is 13.8 Å². The molecule has 5 aromatic heterocycles. The Morgan fingerprint density at radius 2 is 0.628 bits per heavy atom. The van der Waals surface area contributed by atoms with Crippen LogP contribution in [0, 0.1) is 0 Å². The maximum Gasteiger partial charge on any atom is 0.345 e. The van der Waals surface area contributed by atoms with Crippen molar-refractivity contribution in [2.75, 3.05) is 0 Å². The molecule has 0 N–H and O–H groups in total. The van der Waals surface area contributed by atoms with Crippen LogP contribution in [0.4, 0.5) is 0 Å². The number of fused-ring (bicyclic) bond motifs is 6. The Balaban J connectivity index is 0.888. The molecular weight excluding hydrogens is 959 g/mol. The van der Waals surface area contributed by atoms with Gasteiger partial charge in [0.15, 0.2) is 0 Å². The van der Waals surface area contributed by atoms with Crippen molar-refractivity contribution >= 4 is 43.7 Å². The summed E-state index contributed by atoms with van der Waals surface area (Å²) < 4.78 is 11.9. The summed E-state index contributed by atoms with van der Waals surface area (Å²) in [6.45, 7) is 0. The van der Waals surface area contributed by atoms with Crippen molar-refractivity contribution in [3.63, 3.8) is 0 Å². The molecule has 0 radical (unpaired) electrons. The van der Waals surface area contributed by atoms with Gasteiger partial charge in [-0.1, -0.05) is 164 Å². The molecule has 0 bridgehead atoms. The molecule has 7 heteroatoms. The van der Waals surface area contributed by atoms with Crippen LogP contribution in [0.3, 0.4) is 0 Å². The van der Waals surface area contributed by atoms with Gasteiger partial charge < -0.3 is 8.83 Å². The van der Waals surface area contributed by atoms with Crippen LogP contribution in [0.2, 0.25) is 0 Å². The molecule has 14 rings (SSSR count). The Bertz CT molecular complexity index is 4580. The smallest absolute Gasteiger partial charge is 0.345 e. The van der Waals surface area contributed by atoms with Crippen molar-refractivity contribution in [1.29, 1.82) is 0 Å². The maximum atomic E-state index is 13.2. The zero-order chi connectivity index (χ0) is 52.1. The van der Waals surface area contributed by atoms with Gasteiger partial charge in [0, 0.05) is 34.9 Å². The molecule has 0 saturated carbocycles. The minimum absolute atomic E-state index is 0.425. The van der Waals surface area contributed by atoms with E-state index >= 15 is 0 Å². The van der Waals surface area contributed by atoms with Gasteiger partial charge in [-0.3, -0.25) is 15.0 Å². The van der Waals surface area contributed by atoms with Crippen molar-refractivity contribution in [2.45, 2.75) is 0 Å². The lowest BCUT2D eigenvalue weighted by Crippen LogP contribution is -2.00. The Hall–Kier alpha value is -10.6. The highest BCUT2D eigenvalue weighted by Gasteiger charge is 2.19. The number of hydrogen-bond donors (Lipinski definition) is 0. The molecule has 5 heterocycles. The van der Waals surface area contributed by atoms with Gasteiger partial charge in [-0.15, -0.1) is 0 Å². The standard InChI is InChI=1S/C71H43N3O4/c75-70-63-20-10-35-73-68(63)61-32-30-50(42-66(61)77-70)56-15-5-8-18-59(56)53-38-52(39-54(40-53)60-19-9-6-16-57(60)51-31-33-62-67(43-51)78-71(76)64-21-11-36-74-69(62)64)58-17-7-4-14-55(58)47-26-28-48(29-27-47)65-41-49(34-37-72-65)46-24-22-45(23-25-46)44-12-2-1-3-13-44/h1-43H. The van der Waals surface area contributed by atoms with Crippen LogP contribution in [0.25, 0.3) is 144 Å². The van der Waals surface area contributed by atoms with E-state index in [2.05, 4.69) is 186 Å².